The van der Waals surface area contributed by atoms with Gasteiger partial charge in [0.25, 0.3) is 0 Å². The lowest BCUT2D eigenvalue weighted by Gasteiger charge is -2.06. The molecule has 2 aromatic rings. The van der Waals surface area contributed by atoms with Crippen molar-refractivity contribution < 1.29 is 9.21 Å². The average molecular weight is 232 g/mol. The molecule has 0 bridgehead atoms. The fourth-order valence-corrected chi connectivity index (χ4v) is 1.37. The highest BCUT2D eigenvalue weighted by atomic mass is 16.3. The molecule has 1 heterocycles. The third kappa shape index (κ3) is 3.23. The maximum Gasteiger partial charge on any atom is 0.316 e. The second-order valence-electron chi connectivity index (χ2n) is 3.39. The molecule has 0 radical (unpaired) electrons. The van der Waals surface area contributed by atoms with Crippen LogP contribution >= 0.6 is 0 Å². The Morgan fingerprint density at radius 1 is 1.41 bits per heavy atom. The molecule has 2 rings (SSSR count). The number of nitrogens with zero attached hydrogens (tertiary/aromatic N) is 1. The lowest BCUT2D eigenvalue weighted by atomic mass is 10.2. The van der Waals surface area contributed by atoms with E-state index >= 15 is 0 Å². The van der Waals surface area contributed by atoms with E-state index in [-0.39, 0.29) is 0 Å². The number of rotatable bonds is 4. The Hall–Kier alpha value is -2.50. The molecule has 2 amide bonds. The van der Waals surface area contributed by atoms with Gasteiger partial charge in [0.1, 0.15) is 5.76 Å². The van der Waals surface area contributed by atoms with Gasteiger partial charge in [-0.25, -0.2) is 9.78 Å². The van der Waals surface area contributed by atoms with Crippen LogP contribution in [0.2, 0.25) is 0 Å². The Labute approximate surface area is 97.8 Å². The van der Waals surface area contributed by atoms with Crippen LogP contribution in [0.25, 0.3) is 0 Å². The van der Waals surface area contributed by atoms with E-state index in [2.05, 4.69) is 15.6 Å². The lowest BCUT2D eigenvalue weighted by molar-refractivity contribution is 0.259. The Morgan fingerprint density at radius 3 is 2.94 bits per heavy atom. The van der Waals surface area contributed by atoms with E-state index in [0.29, 0.717) is 12.2 Å². The molecular weight excluding hydrogens is 220 g/mol. The molecule has 0 fully saturated rings. The minimum absolute atomic E-state index is 0.528. The zero-order valence-electron chi connectivity index (χ0n) is 9.01. The Bertz CT molecular complexity index is 496. The molecule has 88 valence electrons. The van der Waals surface area contributed by atoms with Crippen LogP contribution in [0.4, 0.5) is 16.2 Å². The van der Waals surface area contributed by atoms with E-state index in [0.717, 1.165) is 11.4 Å². The van der Waals surface area contributed by atoms with Crippen molar-refractivity contribution in [2.45, 2.75) is 6.54 Å². The number of primary amides is 1. The summed E-state index contributed by atoms with van der Waals surface area (Å²) in [5, 5.41) is 5.64. The van der Waals surface area contributed by atoms with Crippen molar-refractivity contribution in [3.05, 3.63) is 42.6 Å². The summed E-state index contributed by atoms with van der Waals surface area (Å²) < 4.78 is 5.09. The van der Waals surface area contributed by atoms with Gasteiger partial charge in [-0.1, -0.05) is 6.07 Å². The molecule has 1 aromatic heterocycles. The lowest BCUT2D eigenvalue weighted by Crippen LogP contribution is -2.19. The molecule has 4 N–H and O–H groups in total. The highest BCUT2D eigenvalue weighted by Gasteiger charge is 1.99. The third-order valence-electron chi connectivity index (χ3n) is 2.08. The fourth-order valence-electron chi connectivity index (χ4n) is 1.37. The van der Waals surface area contributed by atoms with Gasteiger partial charge in [-0.2, -0.15) is 0 Å². The molecular formula is C11H12N4O2. The molecule has 6 nitrogen and oxygen atoms in total. The maximum atomic E-state index is 10.7. The standard InChI is InChI=1S/C11H12N4O2/c12-11(16)15-9-3-1-2-8(4-9)14-6-10-5-13-7-17-10/h1-5,7,14H,6H2,(H3,12,15,16). The van der Waals surface area contributed by atoms with Crippen molar-refractivity contribution >= 4 is 17.4 Å². The molecule has 1 aromatic carbocycles. The predicted molar refractivity (Wildman–Crippen MR) is 63.5 cm³/mol. The molecule has 17 heavy (non-hydrogen) atoms. The first kappa shape index (κ1) is 11.0. The largest absolute Gasteiger partial charge is 0.447 e. The fraction of sp³-hybridized carbons (Fsp3) is 0.0909. The van der Waals surface area contributed by atoms with Crippen LogP contribution in [-0.2, 0) is 6.54 Å². The number of anilines is 2. The molecule has 0 aliphatic heterocycles. The van der Waals surface area contributed by atoms with E-state index in [1.54, 1.807) is 18.3 Å². The maximum absolute atomic E-state index is 10.7. The third-order valence-corrected chi connectivity index (χ3v) is 2.08. The summed E-state index contributed by atoms with van der Waals surface area (Å²) in [6.45, 7) is 0.528. The number of benzene rings is 1. The van der Waals surface area contributed by atoms with Gasteiger partial charge in [-0.3, -0.25) is 0 Å². The summed E-state index contributed by atoms with van der Waals surface area (Å²) in [5.41, 5.74) is 6.53. The minimum atomic E-state index is -0.586. The average Bonchev–Trinajstić information content (AvgIpc) is 2.79. The normalized spacial score (nSPS) is 9.88. The van der Waals surface area contributed by atoms with Gasteiger partial charge in [-0.05, 0) is 18.2 Å². The van der Waals surface area contributed by atoms with Crippen LogP contribution in [0.15, 0.2) is 41.3 Å². The molecule has 0 unspecified atom stereocenters. The van der Waals surface area contributed by atoms with Crippen molar-refractivity contribution in [2.24, 2.45) is 5.73 Å². The summed E-state index contributed by atoms with van der Waals surface area (Å²) in [5.74, 6) is 0.735. The van der Waals surface area contributed by atoms with Crippen LogP contribution < -0.4 is 16.4 Å². The molecule has 0 aliphatic carbocycles. The van der Waals surface area contributed by atoms with Crippen LogP contribution in [0, 0.1) is 0 Å². The number of nitrogens with two attached hydrogens (primary N) is 1. The summed E-state index contributed by atoms with van der Waals surface area (Å²) in [6, 6.07) is 6.64. The van der Waals surface area contributed by atoms with Gasteiger partial charge in [0.2, 0.25) is 0 Å². The zero-order chi connectivity index (χ0) is 12.1. The molecule has 0 saturated heterocycles. The quantitative estimate of drug-likeness (QED) is 0.749. The Kier molecular flexibility index (Phi) is 3.25. The molecule has 0 aliphatic rings. The number of nitrogens with one attached hydrogen (secondary N) is 2. The van der Waals surface area contributed by atoms with Crippen LogP contribution in [0.1, 0.15) is 5.76 Å². The topological polar surface area (TPSA) is 93.2 Å². The van der Waals surface area contributed by atoms with Gasteiger partial charge in [-0.15, -0.1) is 0 Å². The molecule has 6 heteroatoms. The van der Waals surface area contributed by atoms with Crippen LogP contribution in [0.3, 0.4) is 0 Å². The first-order valence-corrected chi connectivity index (χ1v) is 5.02. The van der Waals surface area contributed by atoms with E-state index in [9.17, 15) is 4.79 Å². The smallest absolute Gasteiger partial charge is 0.316 e. The molecule has 0 saturated carbocycles. The van der Waals surface area contributed by atoms with Crippen LogP contribution in [-0.4, -0.2) is 11.0 Å². The van der Waals surface area contributed by atoms with Gasteiger partial charge in [0, 0.05) is 11.4 Å². The minimum Gasteiger partial charge on any atom is -0.447 e. The summed E-state index contributed by atoms with van der Waals surface area (Å²) in [4.78, 5) is 14.5. The molecule has 0 atom stereocenters. The Balaban J connectivity index is 1.98. The van der Waals surface area contributed by atoms with Crippen molar-refractivity contribution in [1.29, 1.82) is 0 Å². The van der Waals surface area contributed by atoms with Gasteiger partial charge in [0.05, 0.1) is 12.7 Å². The van der Waals surface area contributed by atoms with Gasteiger partial charge >= 0.3 is 6.03 Å². The van der Waals surface area contributed by atoms with E-state index in [1.807, 2.05) is 12.1 Å². The number of amides is 2. The first-order chi connectivity index (χ1) is 8.24. The number of urea groups is 1. The second kappa shape index (κ2) is 5.02. The van der Waals surface area contributed by atoms with Crippen LogP contribution in [0.5, 0.6) is 0 Å². The highest BCUT2D eigenvalue weighted by Crippen LogP contribution is 2.15. The van der Waals surface area contributed by atoms with E-state index < -0.39 is 6.03 Å². The highest BCUT2D eigenvalue weighted by molar-refractivity contribution is 5.88. The monoisotopic (exact) mass is 232 g/mol. The number of carbonyl (C=O) groups is 1. The van der Waals surface area contributed by atoms with Crippen molar-refractivity contribution in [1.82, 2.24) is 4.98 Å². The molecule has 0 spiro atoms. The number of hydrogen-bond donors (Lipinski definition) is 3. The zero-order valence-corrected chi connectivity index (χ0v) is 9.01. The van der Waals surface area contributed by atoms with Crippen molar-refractivity contribution in [3.8, 4) is 0 Å². The van der Waals surface area contributed by atoms with E-state index in [1.165, 1.54) is 6.39 Å². The second-order valence-corrected chi connectivity index (χ2v) is 3.39. The predicted octanol–water partition coefficient (Wildman–Crippen LogP) is 1.78. The van der Waals surface area contributed by atoms with Crippen molar-refractivity contribution in [2.75, 3.05) is 10.6 Å². The summed E-state index contributed by atoms with van der Waals surface area (Å²) in [7, 11) is 0. The van der Waals surface area contributed by atoms with Gasteiger partial charge < -0.3 is 20.8 Å². The summed E-state index contributed by atoms with van der Waals surface area (Å²) >= 11 is 0. The first-order valence-electron chi connectivity index (χ1n) is 5.02. The van der Waals surface area contributed by atoms with Gasteiger partial charge in [0.15, 0.2) is 6.39 Å². The van der Waals surface area contributed by atoms with Crippen molar-refractivity contribution in [3.63, 3.8) is 0 Å². The Morgan fingerprint density at radius 2 is 2.24 bits per heavy atom. The number of carbonyl (C=O) groups excluding carboxylic acids is 1. The number of aromatic nitrogens is 1. The van der Waals surface area contributed by atoms with E-state index in [4.69, 9.17) is 10.2 Å². The number of hydrogen-bond acceptors (Lipinski definition) is 4. The SMILES string of the molecule is NC(=O)Nc1cccc(NCc2cnco2)c1. The summed E-state index contributed by atoms with van der Waals surface area (Å²) in [6.07, 6.45) is 3.01. The number of oxazole rings is 1.